The summed E-state index contributed by atoms with van der Waals surface area (Å²) in [5.74, 6) is 1.10. The Morgan fingerprint density at radius 2 is 1.85 bits per heavy atom. The molecule has 1 amide bonds. The van der Waals surface area contributed by atoms with E-state index in [0.29, 0.717) is 70.3 Å². The van der Waals surface area contributed by atoms with Crippen LogP contribution in [0.15, 0.2) is 48.3 Å². The molecule has 5 heterocycles. The number of aromatic nitrogens is 2. The van der Waals surface area contributed by atoms with Crippen molar-refractivity contribution in [3.8, 4) is 22.6 Å². The fourth-order valence-corrected chi connectivity index (χ4v) is 7.11. The number of amides is 1. The van der Waals surface area contributed by atoms with Crippen LogP contribution in [-0.2, 0) is 4.79 Å². The number of halogens is 1. The maximum atomic E-state index is 15.5. The number of carbonyl (C=O) groups excluding carboxylic acids is 1. The normalized spacial score (nSPS) is 22.7. The molecule has 0 aliphatic carbocycles. The van der Waals surface area contributed by atoms with E-state index < -0.39 is 5.82 Å². The largest absolute Gasteiger partial charge is 0.488 e. The Hall–Kier alpha value is -4.22. The number of ether oxygens (including phenoxy) is 2. The molecule has 0 saturated carbocycles. The second-order valence-electron chi connectivity index (χ2n) is 12.4. The van der Waals surface area contributed by atoms with Crippen LogP contribution < -0.4 is 20.1 Å². The standard InChI is InChI=1S/C33H37FN6O4.C2H6/c1-6-27(41)38-15-20(3)39(16-19(38)2)32-24-14-23-21(4)44-26-9-7-8-25(34)29(26)28(23)31-30(24)40(33(42)35-32)22(18-43-31)17-37-12-10-36(5)11-13-37;1-2/h6-9,14,19-20,22H,1,4,10-13,15-18H2,2-3,5H3;1-2H3/t19-,20+,22+;/m1./s1. The first kappa shape index (κ1) is 31.7. The van der Waals surface area contributed by atoms with Crippen LogP contribution in [0.25, 0.3) is 27.8 Å². The number of benzene rings is 2. The van der Waals surface area contributed by atoms with E-state index in [0.717, 1.165) is 26.2 Å². The smallest absolute Gasteiger partial charge is 0.350 e. The van der Waals surface area contributed by atoms with Gasteiger partial charge < -0.3 is 24.2 Å². The molecule has 2 aromatic carbocycles. The van der Waals surface area contributed by atoms with Crippen LogP contribution in [0.1, 0.15) is 39.3 Å². The summed E-state index contributed by atoms with van der Waals surface area (Å²) in [5.41, 5.74) is 1.64. The van der Waals surface area contributed by atoms with Gasteiger partial charge in [0, 0.05) is 74.4 Å². The number of rotatable bonds is 4. The number of likely N-dealkylation sites (N-methyl/N-ethyl adjacent to an activating group) is 1. The maximum absolute atomic E-state index is 15.5. The average molecular weight is 631 g/mol. The molecule has 4 aliphatic heterocycles. The highest BCUT2D eigenvalue weighted by atomic mass is 19.1. The number of fused-ring (bicyclic) bond motifs is 4. The Bertz CT molecular complexity index is 1760. The van der Waals surface area contributed by atoms with Crippen molar-refractivity contribution < 1.29 is 18.7 Å². The van der Waals surface area contributed by atoms with E-state index in [-0.39, 0.29) is 36.3 Å². The van der Waals surface area contributed by atoms with Crippen molar-refractivity contribution in [2.45, 2.75) is 45.8 Å². The van der Waals surface area contributed by atoms with E-state index in [9.17, 15) is 9.59 Å². The van der Waals surface area contributed by atoms with Crippen molar-refractivity contribution in [3.05, 3.63) is 65.4 Å². The molecule has 0 unspecified atom stereocenters. The highest BCUT2D eigenvalue weighted by Gasteiger charge is 2.38. The Balaban J connectivity index is 0.00000182. The van der Waals surface area contributed by atoms with Crippen molar-refractivity contribution >= 4 is 28.4 Å². The molecule has 11 heteroatoms. The predicted octanol–water partition coefficient (Wildman–Crippen LogP) is 4.38. The van der Waals surface area contributed by atoms with Crippen molar-refractivity contribution in [2.75, 3.05) is 64.4 Å². The van der Waals surface area contributed by atoms with Gasteiger partial charge in [-0.05, 0) is 45.2 Å². The quantitative estimate of drug-likeness (QED) is 0.393. The van der Waals surface area contributed by atoms with Gasteiger partial charge in [-0.15, -0.1) is 0 Å². The van der Waals surface area contributed by atoms with Gasteiger partial charge in [-0.25, -0.2) is 9.18 Å². The lowest BCUT2D eigenvalue weighted by Crippen LogP contribution is -2.58. The van der Waals surface area contributed by atoms with E-state index in [1.165, 1.54) is 12.1 Å². The summed E-state index contributed by atoms with van der Waals surface area (Å²) in [6, 6.07) is 6.06. The summed E-state index contributed by atoms with van der Waals surface area (Å²) in [5, 5.41) is 0.702. The van der Waals surface area contributed by atoms with Crippen LogP contribution in [0.2, 0.25) is 0 Å². The third-order valence-electron chi connectivity index (χ3n) is 9.47. The Morgan fingerprint density at radius 1 is 1.11 bits per heavy atom. The van der Waals surface area contributed by atoms with Gasteiger partial charge in [-0.1, -0.05) is 33.1 Å². The SMILES string of the molecule is C=CC(=O)N1C[C@H](C)N(c2nc(=O)n3c4c(c5c(cc24)C(=C)Oc2cccc(F)c2-5)OC[C@@H]3CN2CCN(C)CC2)C[C@H]1C.CC. The van der Waals surface area contributed by atoms with Crippen molar-refractivity contribution in [1.82, 2.24) is 24.3 Å². The minimum atomic E-state index is -0.441. The zero-order valence-corrected chi connectivity index (χ0v) is 27.4. The molecule has 7 rings (SSSR count). The van der Waals surface area contributed by atoms with Gasteiger partial charge in [0.1, 0.15) is 29.8 Å². The minimum Gasteiger partial charge on any atom is -0.488 e. The molecule has 1 aromatic heterocycles. The summed E-state index contributed by atoms with van der Waals surface area (Å²) in [6.45, 7) is 21.3. The first-order valence-corrected chi connectivity index (χ1v) is 16.2. The van der Waals surface area contributed by atoms with Crippen molar-refractivity contribution in [3.63, 3.8) is 0 Å². The molecular weight excluding hydrogens is 587 g/mol. The van der Waals surface area contributed by atoms with Gasteiger partial charge in [-0.2, -0.15) is 4.98 Å². The van der Waals surface area contributed by atoms with Crippen LogP contribution in [0.3, 0.4) is 0 Å². The van der Waals surface area contributed by atoms with Crippen LogP contribution >= 0.6 is 0 Å². The number of hydrogen-bond acceptors (Lipinski definition) is 8. The lowest BCUT2D eigenvalue weighted by atomic mass is 9.91. The van der Waals surface area contributed by atoms with Gasteiger partial charge in [-0.3, -0.25) is 14.3 Å². The Labute approximate surface area is 269 Å². The third kappa shape index (κ3) is 5.25. The highest BCUT2D eigenvalue weighted by molar-refractivity contribution is 6.05. The summed E-state index contributed by atoms with van der Waals surface area (Å²) >= 11 is 0. The molecule has 0 spiro atoms. The molecule has 4 aliphatic rings. The number of piperazine rings is 2. The van der Waals surface area contributed by atoms with E-state index in [4.69, 9.17) is 14.5 Å². The number of hydrogen-bond donors (Lipinski definition) is 0. The van der Waals surface area contributed by atoms with Crippen LogP contribution in [-0.4, -0.2) is 102 Å². The Kier molecular flexibility index (Phi) is 8.64. The van der Waals surface area contributed by atoms with E-state index in [2.05, 4.69) is 34.9 Å². The highest BCUT2D eigenvalue weighted by Crippen LogP contribution is 2.52. The lowest BCUT2D eigenvalue weighted by Gasteiger charge is -2.45. The van der Waals surface area contributed by atoms with Crippen LogP contribution in [0.4, 0.5) is 10.2 Å². The maximum Gasteiger partial charge on any atom is 0.350 e. The molecular formula is C35H43FN6O4. The van der Waals surface area contributed by atoms with Gasteiger partial charge >= 0.3 is 5.69 Å². The lowest BCUT2D eigenvalue weighted by molar-refractivity contribution is -0.128. The van der Waals surface area contributed by atoms with Crippen LogP contribution in [0, 0.1) is 5.82 Å². The van der Waals surface area contributed by atoms with Crippen LogP contribution in [0.5, 0.6) is 11.5 Å². The monoisotopic (exact) mass is 630 g/mol. The summed E-state index contributed by atoms with van der Waals surface area (Å²) in [4.78, 5) is 39.9. The average Bonchev–Trinajstić information content (AvgIpc) is 3.05. The fraction of sp³-hybridized carbons (Fsp3) is 0.457. The molecule has 244 valence electrons. The van der Waals surface area contributed by atoms with E-state index >= 15 is 4.39 Å². The van der Waals surface area contributed by atoms with E-state index in [1.54, 1.807) is 21.6 Å². The van der Waals surface area contributed by atoms with Crippen molar-refractivity contribution in [1.29, 1.82) is 0 Å². The van der Waals surface area contributed by atoms with Gasteiger partial charge in [0.05, 0.1) is 17.1 Å². The number of nitrogens with zero attached hydrogens (tertiary/aromatic N) is 6. The number of anilines is 1. The minimum absolute atomic E-state index is 0.128. The summed E-state index contributed by atoms with van der Waals surface area (Å²) < 4.78 is 29.8. The summed E-state index contributed by atoms with van der Waals surface area (Å²) in [6.07, 6.45) is 1.33. The fourth-order valence-electron chi connectivity index (χ4n) is 7.11. The molecule has 2 fully saturated rings. The summed E-state index contributed by atoms with van der Waals surface area (Å²) in [7, 11) is 2.11. The van der Waals surface area contributed by atoms with E-state index in [1.807, 2.05) is 33.8 Å². The molecule has 0 radical (unpaired) electrons. The topological polar surface area (TPSA) is 83.4 Å². The zero-order chi connectivity index (χ0) is 32.9. The molecule has 0 bridgehead atoms. The number of carbonyl (C=O) groups is 1. The van der Waals surface area contributed by atoms with Gasteiger partial charge in [0.2, 0.25) is 5.91 Å². The molecule has 46 heavy (non-hydrogen) atoms. The first-order chi connectivity index (χ1) is 22.2. The zero-order valence-electron chi connectivity index (χ0n) is 27.4. The molecule has 3 aromatic rings. The second-order valence-corrected chi connectivity index (χ2v) is 12.4. The van der Waals surface area contributed by atoms with Gasteiger partial charge in [0.15, 0.2) is 5.75 Å². The molecule has 2 saturated heterocycles. The second kappa shape index (κ2) is 12.5. The van der Waals surface area contributed by atoms with Crippen molar-refractivity contribution in [2.24, 2.45) is 0 Å². The Morgan fingerprint density at radius 3 is 2.57 bits per heavy atom. The van der Waals surface area contributed by atoms with Gasteiger partial charge in [0.25, 0.3) is 0 Å². The third-order valence-corrected chi connectivity index (χ3v) is 9.47. The molecule has 10 nitrogen and oxygen atoms in total. The first-order valence-electron chi connectivity index (χ1n) is 16.2. The molecule has 3 atom stereocenters. The molecule has 0 N–H and O–H groups in total. The predicted molar refractivity (Wildman–Crippen MR) is 179 cm³/mol.